The predicted octanol–water partition coefficient (Wildman–Crippen LogP) is 2.43. The molecule has 0 aliphatic carbocycles. The summed E-state index contributed by atoms with van der Waals surface area (Å²) in [4.78, 5) is 23.7. The molecule has 6 heteroatoms. The van der Waals surface area contributed by atoms with Crippen molar-refractivity contribution in [3.8, 4) is 0 Å². The smallest absolute Gasteiger partial charge is 0.407 e. The Bertz CT molecular complexity index is 713. The number of amides is 2. The van der Waals surface area contributed by atoms with Gasteiger partial charge in [-0.15, -0.1) is 0 Å². The third kappa shape index (κ3) is 3.49. The molecule has 2 aromatic carbocycles. The molecule has 2 aromatic rings. The third-order valence-electron chi connectivity index (χ3n) is 4.81. The molecule has 0 saturated carbocycles. The number of hydrogen-bond donors (Lipinski definition) is 2. The predicted molar refractivity (Wildman–Crippen MR) is 94.7 cm³/mol. The van der Waals surface area contributed by atoms with Crippen LogP contribution in [0.4, 0.5) is 9.59 Å². The molecule has 0 bridgehead atoms. The third-order valence-corrected chi connectivity index (χ3v) is 4.81. The fourth-order valence-electron chi connectivity index (χ4n) is 3.61. The van der Waals surface area contributed by atoms with Gasteiger partial charge in [0.05, 0.1) is 12.1 Å². The van der Waals surface area contributed by atoms with Crippen LogP contribution in [0.5, 0.6) is 0 Å². The van der Waals surface area contributed by atoms with E-state index in [0.29, 0.717) is 12.8 Å². The van der Waals surface area contributed by atoms with Gasteiger partial charge >= 0.3 is 12.2 Å². The Hall–Kier alpha value is -3.02. The van der Waals surface area contributed by atoms with Crippen molar-refractivity contribution >= 4 is 12.2 Å². The van der Waals surface area contributed by atoms with Crippen molar-refractivity contribution in [1.29, 1.82) is 0 Å². The topological polar surface area (TPSA) is 76.7 Å². The number of nitrogens with one attached hydrogen (secondary N) is 2. The first kappa shape index (κ1) is 16.4. The number of ether oxygens (including phenoxy) is 2. The monoisotopic (exact) mass is 352 g/mol. The highest BCUT2D eigenvalue weighted by Crippen LogP contribution is 2.26. The maximum absolute atomic E-state index is 11.9. The summed E-state index contributed by atoms with van der Waals surface area (Å²) in [5, 5.41) is 5.70. The van der Waals surface area contributed by atoms with E-state index in [-0.39, 0.29) is 12.1 Å². The van der Waals surface area contributed by atoms with E-state index >= 15 is 0 Å². The zero-order valence-corrected chi connectivity index (χ0v) is 14.1. The summed E-state index contributed by atoms with van der Waals surface area (Å²) in [5.41, 5.74) is 2.18. The van der Waals surface area contributed by atoms with Crippen molar-refractivity contribution in [2.75, 3.05) is 0 Å². The first-order valence-electron chi connectivity index (χ1n) is 8.71. The summed E-state index contributed by atoms with van der Waals surface area (Å²) in [5.74, 6) is 0. The summed E-state index contributed by atoms with van der Waals surface area (Å²) in [6.07, 6.45) is -0.785. The second-order valence-corrected chi connectivity index (χ2v) is 6.62. The van der Waals surface area contributed by atoms with Crippen LogP contribution in [0.3, 0.4) is 0 Å². The molecular formula is C20H20N2O4. The summed E-state index contributed by atoms with van der Waals surface area (Å²) < 4.78 is 11.0. The van der Waals surface area contributed by atoms with Crippen LogP contribution in [0.1, 0.15) is 11.1 Å². The average molecular weight is 352 g/mol. The molecule has 134 valence electrons. The van der Waals surface area contributed by atoms with Crippen molar-refractivity contribution in [2.24, 2.45) is 0 Å². The largest absolute Gasteiger partial charge is 0.440 e. The Kier molecular flexibility index (Phi) is 4.48. The first-order valence-corrected chi connectivity index (χ1v) is 8.71. The standard InChI is InChI=1S/C20H20N2O4/c23-19-21-15(11-13-7-3-1-4-8-13)17(25-19)18-16(22-20(24)26-18)12-14-9-5-2-6-10-14/h1-10,15-18H,11-12H2,(H,21,23)(H,22,24)/t15-,16-,17+,18+/m1/s1. The Labute approximate surface area is 151 Å². The zero-order valence-electron chi connectivity index (χ0n) is 14.1. The lowest BCUT2D eigenvalue weighted by atomic mass is 9.92. The van der Waals surface area contributed by atoms with Gasteiger partial charge in [0.1, 0.15) is 0 Å². The summed E-state index contributed by atoms with van der Waals surface area (Å²) in [7, 11) is 0. The molecule has 2 aliphatic heterocycles. The molecule has 0 unspecified atom stereocenters. The molecule has 2 saturated heterocycles. The van der Waals surface area contributed by atoms with Gasteiger partial charge in [0.15, 0.2) is 12.2 Å². The fraction of sp³-hybridized carbons (Fsp3) is 0.300. The molecule has 26 heavy (non-hydrogen) atoms. The molecule has 6 nitrogen and oxygen atoms in total. The Balaban J connectivity index is 1.52. The molecule has 4 rings (SSSR count). The van der Waals surface area contributed by atoms with Gasteiger partial charge in [-0.25, -0.2) is 9.59 Å². The molecule has 2 N–H and O–H groups in total. The highest BCUT2D eigenvalue weighted by Gasteiger charge is 2.48. The Morgan fingerprint density at radius 2 is 1.04 bits per heavy atom. The van der Waals surface area contributed by atoms with Gasteiger partial charge in [-0.05, 0) is 24.0 Å². The Morgan fingerprint density at radius 1 is 0.654 bits per heavy atom. The molecule has 2 fully saturated rings. The van der Waals surface area contributed by atoms with Gasteiger partial charge < -0.3 is 20.1 Å². The molecule has 2 aliphatic rings. The van der Waals surface area contributed by atoms with Crippen LogP contribution in [0.15, 0.2) is 60.7 Å². The fourth-order valence-corrected chi connectivity index (χ4v) is 3.61. The molecular weight excluding hydrogens is 332 g/mol. The molecule has 2 amide bonds. The maximum atomic E-state index is 11.9. The van der Waals surface area contributed by atoms with Crippen molar-refractivity contribution in [2.45, 2.75) is 37.1 Å². The van der Waals surface area contributed by atoms with E-state index in [1.165, 1.54) is 0 Å². The first-order chi connectivity index (χ1) is 12.7. The summed E-state index contributed by atoms with van der Waals surface area (Å²) in [6.45, 7) is 0. The quantitative estimate of drug-likeness (QED) is 0.866. The second-order valence-electron chi connectivity index (χ2n) is 6.62. The van der Waals surface area contributed by atoms with Crippen LogP contribution in [0.2, 0.25) is 0 Å². The van der Waals surface area contributed by atoms with Crippen LogP contribution in [-0.4, -0.2) is 36.5 Å². The number of rotatable bonds is 5. The molecule has 0 aromatic heterocycles. The van der Waals surface area contributed by atoms with Crippen LogP contribution in [0.25, 0.3) is 0 Å². The van der Waals surface area contributed by atoms with E-state index in [0.717, 1.165) is 11.1 Å². The second kappa shape index (κ2) is 7.07. The Morgan fingerprint density at radius 3 is 1.42 bits per heavy atom. The number of carbonyl (C=O) groups is 2. The average Bonchev–Trinajstić information content (AvgIpc) is 3.18. The normalized spacial score (nSPS) is 27.4. The van der Waals surface area contributed by atoms with Crippen LogP contribution in [0, 0.1) is 0 Å². The van der Waals surface area contributed by atoms with Crippen molar-refractivity contribution in [3.63, 3.8) is 0 Å². The lowest BCUT2D eigenvalue weighted by Crippen LogP contribution is -2.47. The lowest BCUT2D eigenvalue weighted by molar-refractivity contribution is 0.0184. The van der Waals surface area contributed by atoms with Gasteiger partial charge in [-0.2, -0.15) is 0 Å². The number of carbonyl (C=O) groups excluding carboxylic acids is 2. The van der Waals surface area contributed by atoms with Gasteiger partial charge in [0, 0.05) is 0 Å². The van der Waals surface area contributed by atoms with E-state index in [1.807, 2.05) is 60.7 Å². The molecule has 4 atom stereocenters. The summed E-state index contributed by atoms with van der Waals surface area (Å²) in [6, 6.07) is 19.2. The van der Waals surface area contributed by atoms with Crippen molar-refractivity contribution in [3.05, 3.63) is 71.8 Å². The van der Waals surface area contributed by atoms with E-state index in [4.69, 9.17) is 9.47 Å². The van der Waals surface area contributed by atoms with Crippen LogP contribution < -0.4 is 10.6 Å². The molecule has 2 heterocycles. The minimum Gasteiger partial charge on any atom is -0.440 e. The highest BCUT2D eigenvalue weighted by atomic mass is 16.6. The van der Waals surface area contributed by atoms with E-state index in [9.17, 15) is 9.59 Å². The number of alkyl carbamates (subject to hydrolysis) is 2. The van der Waals surface area contributed by atoms with Gasteiger partial charge in [-0.3, -0.25) is 0 Å². The van der Waals surface area contributed by atoms with E-state index < -0.39 is 24.4 Å². The van der Waals surface area contributed by atoms with Crippen molar-refractivity contribution in [1.82, 2.24) is 10.6 Å². The van der Waals surface area contributed by atoms with E-state index in [2.05, 4.69) is 10.6 Å². The number of cyclic esters (lactones) is 2. The summed E-state index contributed by atoms with van der Waals surface area (Å²) >= 11 is 0. The van der Waals surface area contributed by atoms with Gasteiger partial charge in [0.25, 0.3) is 0 Å². The minimum absolute atomic E-state index is 0.249. The highest BCUT2D eigenvalue weighted by molar-refractivity contribution is 5.72. The van der Waals surface area contributed by atoms with Crippen LogP contribution >= 0.6 is 0 Å². The minimum atomic E-state index is -0.532. The SMILES string of the molecule is O=C1N[C@H](Cc2ccccc2)[C@@H]([C@H]2OC(=O)N[C@@H]2Cc2ccccc2)O1. The lowest BCUT2D eigenvalue weighted by Gasteiger charge is -2.25. The molecule has 0 spiro atoms. The van der Waals surface area contributed by atoms with E-state index in [1.54, 1.807) is 0 Å². The molecule has 0 radical (unpaired) electrons. The van der Waals surface area contributed by atoms with Gasteiger partial charge in [0.2, 0.25) is 0 Å². The number of hydrogen-bond acceptors (Lipinski definition) is 4. The van der Waals surface area contributed by atoms with Crippen molar-refractivity contribution < 1.29 is 19.1 Å². The number of benzene rings is 2. The zero-order chi connectivity index (χ0) is 17.9. The van der Waals surface area contributed by atoms with Gasteiger partial charge in [-0.1, -0.05) is 60.7 Å². The maximum Gasteiger partial charge on any atom is 0.407 e. The van der Waals surface area contributed by atoms with Crippen LogP contribution in [-0.2, 0) is 22.3 Å².